The number of carbonyl (C=O) groups excluding carboxylic acids is 1. The molecule has 1 aromatic heterocycles. The van der Waals surface area contributed by atoms with E-state index in [-0.39, 0.29) is 18.4 Å². The molecular formula is C22H28F3N3O2. The van der Waals surface area contributed by atoms with Crippen LogP contribution in [0.4, 0.5) is 13.2 Å². The predicted molar refractivity (Wildman–Crippen MR) is 104 cm³/mol. The van der Waals surface area contributed by atoms with Crippen molar-refractivity contribution in [3.8, 4) is 0 Å². The molecule has 3 aliphatic heterocycles. The van der Waals surface area contributed by atoms with E-state index < -0.39 is 17.2 Å². The smallest absolute Gasteiger partial charge is 0.373 e. The Hall–Kier alpha value is -1.67. The molecular weight excluding hydrogens is 395 g/mol. The van der Waals surface area contributed by atoms with Crippen molar-refractivity contribution in [2.45, 2.75) is 70.4 Å². The summed E-state index contributed by atoms with van der Waals surface area (Å²) in [6.07, 6.45) is 0.0271. The van der Waals surface area contributed by atoms with Gasteiger partial charge in [-0.05, 0) is 36.8 Å². The van der Waals surface area contributed by atoms with Crippen molar-refractivity contribution in [2.24, 2.45) is 11.3 Å². The van der Waals surface area contributed by atoms with Crippen molar-refractivity contribution in [3.05, 3.63) is 29.1 Å². The molecule has 4 aliphatic rings. The van der Waals surface area contributed by atoms with Gasteiger partial charge in [-0.15, -0.1) is 0 Å². The molecule has 0 bridgehead atoms. The zero-order valence-corrected chi connectivity index (χ0v) is 17.4. The first-order valence-electron chi connectivity index (χ1n) is 10.9. The van der Waals surface area contributed by atoms with Gasteiger partial charge in [0.25, 0.3) is 0 Å². The van der Waals surface area contributed by atoms with E-state index in [1.165, 1.54) is 0 Å². The summed E-state index contributed by atoms with van der Waals surface area (Å²) in [5, 5.41) is 0. The fourth-order valence-electron chi connectivity index (χ4n) is 5.79. The molecule has 0 spiro atoms. The number of ether oxygens (including phenoxy) is 1. The van der Waals surface area contributed by atoms with Gasteiger partial charge in [0.15, 0.2) is 0 Å². The zero-order chi connectivity index (χ0) is 21.3. The van der Waals surface area contributed by atoms with E-state index >= 15 is 0 Å². The molecule has 3 fully saturated rings. The lowest BCUT2D eigenvalue weighted by Gasteiger charge is -2.57. The van der Waals surface area contributed by atoms with Gasteiger partial charge >= 0.3 is 6.18 Å². The monoisotopic (exact) mass is 423 g/mol. The van der Waals surface area contributed by atoms with Crippen molar-refractivity contribution in [3.63, 3.8) is 0 Å². The van der Waals surface area contributed by atoms with Gasteiger partial charge < -0.3 is 9.64 Å². The number of amides is 1. The molecule has 1 amide bonds. The number of hydrogen-bond donors (Lipinski definition) is 0. The van der Waals surface area contributed by atoms with Gasteiger partial charge in [-0.1, -0.05) is 13.8 Å². The maximum Gasteiger partial charge on any atom is 0.417 e. The number of carbonyl (C=O) groups is 1. The molecule has 0 aromatic carbocycles. The number of rotatable bonds is 3. The lowest BCUT2D eigenvalue weighted by molar-refractivity contribution is -0.227. The second-order valence-corrected chi connectivity index (χ2v) is 9.65. The van der Waals surface area contributed by atoms with Crippen LogP contribution in [0.1, 0.15) is 49.9 Å². The summed E-state index contributed by atoms with van der Waals surface area (Å²) in [5.41, 5.74) is 0.0131. The Labute approximate surface area is 174 Å². The van der Waals surface area contributed by atoms with E-state index in [1.807, 2.05) is 0 Å². The van der Waals surface area contributed by atoms with E-state index in [0.29, 0.717) is 42.4 Å². The third-order valence-electron chi connectivity index (χ3n) is 7.90. The van der Waals surface area contributed by atoms with Gasteiger partial charge in [0.1, 0.15) is 0 Å². The summed E-state index contributed by atoms with van der Waals surface area (Å²) in [4.78, 5) is 22.0. The number of halogens is 3. The summed E-state index contributed by atoms with van der Waals surface area (Å²) >= 11 is 0. The second kappa shape index (κ2) is 6.92. The van der Waals surface area contributed by atoms with Crippen molar-refractivity contribution < 1.29 is 22.7 Å². The van der Waals surface area contributed by atoms with Crippen molar-refractivity contribution in [1.29, 1.82) is 0 Å². The number of likely N-dealkylation sites (tertiary alicyclic amines) is 1. The second-order valence-electron chi connectivity index (χ2n) is 9.65. The largest absolute Gasteiger partial charge is 0.417 e. The summed E-state index contributed by atoms with van der Waals surface area (Å²) in [7, 11) is 0. The van der Waals surface area contributed by atoms with Gasteiger partial charge in [0.05, 0.1) is 29.7 Å². The number of aromatic nitrogens is 1. The lowest BCUT2D eigenvalue weighted by Crippen LogP contribution is -2.72. The molecule has 2 saturated heterocycles. The highest BCUT2D eigenvalue weighted by Crippen LogP contribution is 2.50. The molecule has 1 saturated carbocycles. The van der Waals surface area contributed by atoms with Gasteiger partial charge in [-0.2, -0.15) is 13.2 Å². The number of pyridine rings is 1. The molecule has 5 nitrogen and oxygen atoms in total. The normalized spacial score (nSPS) is 33.7. The molecule has 1 aliphatic carbocycles. The fourth-order valence-corrected chi connectivity index (χ4v) is 5.79. The predicted octanol–water partition coefficient (Wildman–Crippen LogP) is 3.26. The number of alkyl halides is 3. The molecule has 8 heteroatoms. The van der Waals surface area contributed by atoms with Gasteiger partial charge in [0, 0.05) is 44.0 Å². The Bertz CT molecular complexity index is 859. The Morgan fingerprint density at radius 1 is 1.37 bits per heavy atom. The maximum atomic E-state index is 13.7. The maximum absolute atomic E-state index is 13.7. The fraction of sp³-hybridized carbons (Fsp3) is 0.727. The first-order chi connectivity index (χ1) is 14.2. The van der Waals surface area contributed by atoms with E-state index in [4.69, 9.17) is 4.74 Å². The molecule has 30 heavy (non-hydrogen) atoms. The van der Waals surface area contributed by atoms with Gasteiger partial charge in [0.2, 0.25) is 5.91 Å². The SMILES string of the molecule is CC(C)[C@]1(C(=O)N2CCc3ncc(C(F)(F)F)cc3C2)CCC(N2CC3OCC32)C1. The van der Waals surface area contributed by atoms with Crippen LogP contribution >= 0.6 is 0 Å². The van der Waals surface area contributed by atoms with E-state index in [1.54, 1.807) is 4.90 Å². The Kier molecular flexibility index (Phi) is 4.67. The molecule has 3 unspecified atom stereocenters. The quantitative estimate of drug-likeness (QED) is 0.749. The summed E-state index contributed by atoms with van der Waals surface area (Å²) < 4.78 is 44.9. The van der Waals surface area contributed by atoms with Crippen LogP contribution in [0.15, 0.2) is 12.3 Å². The van der Waals surface area contributed by atoms with Crippen LogP contribution in [0.2, 0.25) is 0 Å². The molecule has 4 heterocycles. The highest BCUT2D eigenvalue weighted by Gasteiger charge is 2.56. The van der Waals surface area contributed by atoms with Gasteiger partial charge in [-0.25, -0.2) is 0 Å². The minimum atomic E-state index is -4.42. The van der Waals surface area contributed by atoms with Crippen LogP contribution in [-0.4, -0.2) is 58.6 Å². The van der Waals surface area contributed by atoms with E-state index in [2.05, 4.69) is 23.7 Å². The van der Waals surface area contributed by atoms with Crippen LogP contribution in [0.3, 0.4) is 0 Å². The third kappa shape index (κ3) is 3.06. The van der Waals surface area contributed by atoms with Crippen molar-refractivity contribution in [1.82, 2.24) is 14.8 Å². The molecule has 4 atom stereocenters. The van der Waals surface area contributed by atoms with Crippen LogP contribution in [0.25, 0.3) is 0 Å². The minimum absolute atomic E-state index is 0.102. The van der Waals surface area contributed by atoms with Crippen LogP contribution in [-0.2, 0) is 28.7 Å². The molecule has 5 rings (SSSR count). The Morgan fingerprint density at radius 2 is 2.17 bits per heavy atom. The first-order valence-corrected chi connectivity index (χ1v) is 10.9. The standard InChI is InChI=1S/C22H28F3N3O2/c1-13(2)21(5-3-16(8-21)28-11-19-18(28)12-30-19)20(29)27-6-4-17-14(10-27)7-15(9-26-17)22(23,24)25/h7,9,13,16,18-19H,3-6,8,10-12H2,1-2H3/t16?,18?,19?,21-/m0/s1. The molecule has 164 valence electrons. The van der Waals surface area contributed by atoms with E-state index in [9.17, 15) is 18.0 Å². The van der Waals surface area contributed by atoms with Crippen LogP contribution in [0.5, 0.6) is 0 Å². The van der Waals surface area contributed by atoms with Crippen LogP contribution in [0, 0.1) is 11.3 Å². The summed E-state index contributed by atoms with van der Waals surface area (Å²) in [6, 6.07) is 2.08. The molecule has 0 N–H and O–H groups in total. The number of morpholine rings is 1. The number of hydrogen-bond acceptors (Lipinski definition) is 4. The summed E-state index contributed by atoms with van der Waals surface area (Å²) in [6.45, 7) is 6.69. The topological polar surface area (TPSA) is 45.7 Å². The first kappa shape index (κ1) is 20.2. The average molecular weight is 423 g/mol. The number of fused-ring (bicyclic) bond motifs is 2. The Morgan fingerprint density at radius 3 is 2.77 bits per heavy atom. The summed E-state index contributed by atoms with van der Waals surface area (Å²) in [5.74, 6) is 0.288. The lowest BCUT2D eigenvalue weighted by atomic mass is 9.73. The van der Waals surface area contributed by atoms with Crippen molar-refractivity contribution >= 4 is 5.91 Å². The number of nitrogens with zero attached hydrogens (tertiary/aromatic N) is 3. The highest BCUT2D eigenvalue weighted by atomic mass is 19.4. The van der Waals surface area contributed by atoms with E-state index in [0.717, 1.165) is 44.7 Å². The minimum Gasteiger partial charge on any atom is -0.373 e. The average Bonchev–Trinajstić information content (AvgIpc) is 3.14. The highest BCUT2D eigenvalue weighted by molar-refractivity contribution is 5.83. The zero-order valence-electron chi connectivity index (χ0n) is 17.4. The Balaban J connectivity index is 1.34. The molecule has 1 aromatic rings. The van der Waals surface area contributed by atoms with Crippen LogP contribution < -0.4 is 0 Å². The molecule has 0 radical (unpaired) electrons. The van der Waals surface area contributed by atoms with Crippen molar-refractivity contribution in [2.75, 3.05) is 19.7 Å². The van der Waals surface area contributed by atoms with Gasteiger partial charge in [-0.3, -0.25) is 14.7 Å². The third-order valence-corrected chi connectivity index (χ3v) is 7.90.